The molecule has 1 spiro atoms. The molecule has 34 heavy (non-hydrogen) atoms. The Morgan fingerprint density at radius 2 is 1.85 bits per heavy atom. The Labute approximate surface area is 206 Å². The summed E-state index contributed by atoms with van der Waals surface area (Å²) in [5, 5.41) is 16.2. The first kappa shape index (κ1) is 22.7. The lowest BCUT2D eigenvalue weighted by Crippen LogP contribution is -2.54. The molecule has 2 heterocycles. The minimum absolute atomic E-state index is 0.239. The minimum atomic E-state index is -1.39. The topological polar surface area (TPSA) is 84.7 Å². The van der Waals surface area contributed by atoms with Gasteiger partial charge in [0.1, 0.15) is 12.4 Å². The van der Waals surface area contributed by atoms with Gasteiger partial charge in [-0.15, -0.1) is 0 Å². The van der Waals surface area contributed by atoms with Gasteiger partial charge in [0.2, 0.25) is 0 Å². The first-order valence-electron chi connectivity index (χ1n) is 10.8. The van der Waals surface area contributed by atoms with Crippen LogP contribution in [-0.2, 0) is 16.9 Å². The maximum Gasteiger partial charge on any atom is 0.256 e. The van der Waals surface area contributed by atoms with E-state index in [1.165, 1.54) is 0 Å². The van der Waals surface area contributed by atoms with Crippen LogP contribution < -0.4 is 10.1 Å². The van der Waals surface area contributed by atoms with Gasteiger partial charge in [-0.05, 0) is 36.9 Å². The van der Waals surface area contributed by atoms with Crippen molar-refractivity contribution in [3.05, 3.63) is 104 Å². The number of nitro groups is 1. The van der Waals surface area contributed by atoms with Crippen molar-refractivity contribution in [3.8, 4) is 5.75 Å². The summed E-state index contributed by atoms with van der Waals surface area (Å²) in [5.74, 6) is -0.480. The highest BCUT2D eigenvalue weighted by atomic mass is 35.5. The summed E-state index contributed by atoms with van der Waals surface area (Å²) < 4.78 is 5.85. The highest BCUT2D eigenvalue weighted by molar-refractivity contribution is 6.32. The number of rotatable bonds is 5. The third-order valence-electron chi connectivity index (χ3n) is 6.77. The molecule has 3 aromatic rings. The van der Waals surface area contributed by atoms with Gasteiger partial charge in [-0.1, -0.05) is 65.7 Å². The number of hydrogen-bond acceptors (Lipinski definition) is 5. The molecule has 174 valence electrons. The summed E-state index contributed by atoms with van der Waals surface area (Å²) in [7, 11) is 1.75. The van der Waals surface area contributed by atoms with E-state index in [4.69, 9.17) is 27.9 Å². The molecule has 1 N–H and O–H groups in total. The standard InChI is InChI=1S/C25H21Cl2N3O4/c1-29-13-17(23(30(32)33)25(29)18-7-3-5-9-21(18)28-24(25)31)15-10-11-22(20(27)12-15)34-14-16-6-2-4-8-19(16)26/h2-12,17,23H,13-14H2,1H3,(H,28,31)/t17-,23+,25-/m1/s1. The fourth-order valence-electron chi connectivity index (χ4n) is 5.22. The molecule has 0 aromatic heterocycles. The molecule has 0 saturated carbocycles. The third kappa shape index (κ3) is 3.43. The number of likely N-dealkylation sites (tertiary alicyclic amines) is 1. The van der Waals surface area contributed by atoms with Gasteiger partial charge < -0.3 is 10.1 Å². The van der Waals surface area contributed by atoms with E-state index in [-0.39, 0.29) is 17.4 Å². The van der Waals surface area contributed by atoms with E-state index in [0.29, 0.717) is 39.2 Å². The number of fused-ring (bicyclic) bond motifs is 2. The predicted octanol–water partition coefficient (Wildman–Crippen LogP) is 5.09. The van der Waals surface area contributed by atoms with E-state index >= 15 is 0 Å². The molecule has 2 aliphatic heterocycles. The highest BCUT2D eigenvalue weighted by Gasteiger charge is 2.68. The Hall–Kier alpha value is -3.13. The number of nitrogens with one attached hydrogen (secondary N) is 1. The number of ether oxygens (including phenoxy) is 1. The van der Waals surface area contributed by atoms with Crippen molar-refractivity contribution in [2.45, 2.75) is 24.1 Å². The monoisotopic (exact) mass is 497 g/mol. The molecule has 1 fully saturated rings. The summed E-state index contributed by atoms with van der Waals surface area (Å²) in [5.41, 5.74) is 1.34. The molecule has 9 heteroatoms. The van der Waals surface area contributed by atoms with E-state index in [1.54, 1.807) is 60.5 Å². The van der Waals surface area contributed by atoms with Gasteiger partial charge in [0.15, 0.2) is 5.54 Å². The summed E-state index contributed by atoms with van der Waals surface area (Å²) in [6, 6.07) is 18.5. The lowest BCUT2D eigenvalue weighted by molar-refractivity contribution is -0.534. The van der Waals surface area contributed by atoms with Gasteiger partial charge in [0.05, 0.1) is 10.9 Å². The van der Waals surface area contributed by atoms with Crippen molar-refractivity contribution in [1.29, 1.82) is 0 Å². The number of carbonyl (C=O) groups is 1. The SMILES string of the molecule is CN1C[C@H](c2ccc(OCc3ccccc3Cl)c(Cl)c2)[C@H]([N+](=O)[O-])[C@]12C(=O)Nc1ccccc12. The van der Waals surface area contributed by atoms with Gasteiger partial charge in [-0.2, -0.15) is 0 Å². The van der Waals surface area contributed by atoms with Crippen LogP contribution in [0.2, 0.25) is 10.0 Å². The van der Waals surface area contributed by atoms with Crippen molar-refractivity contribution in [2.24, 2.45) is 0 Å². The summed E-state index contributed by atoms with van der Waals surface area (Å²) >= 11 is 12.7. The van der Waals surface area contributed by atoms with Crippen molar-refractivity contribution in [3.63, 3.8) is 0 Å². The van der Waals surface area contributed by atoms with Crippen molar-refractivity contribution in [2.75, 3.05) is 18.9 Å². The average Bonchev–Trinajstić information content (AvgIpc) is 3.29. The van der Waals surface area contributed by atoms with Gasteiger partial charge in [-0.25, -0.2) is 0 Å². The molecule has 7 nitrogen and oxygen atoms in total. The molecule has 0 aliphatic carbocycles. The molecule has 1 saturated heterocycles. The Kier molecular flexibility index (Phi) is 5.72. The lowest BCUT2D eigenvalue weighted by Gasteiger charge is -2.30. The van der Waals surface area contributed by atoms with Gasteiger partial charge in [-0.3, -0.25) is 19.8 Å². The van der Waals surface area contributed by atoms with Gasteiger partial charge >= 0.3 is 0 Å². The zero-order valence-corrected chi connectivity index (χ0v) is 19.7. The van der Waals surface area contributed by atoms with Crippen LogP contribution in [0.3, 0.4) is 0 Å². The molecule has 2 aliphatic rings. The van der Waals surface area contributed by atoms with Crippen molar-refractivity contribution in [1.82, 2.24) is 4.90 Å². The second-order valence-electron chi connectivity index (χ2n) is 8.55. The summed E-state index contributed by atoms with van der Waals surface area (Å²) in [6.45, 7) is 0.562. The largest absolute Gasteiger partial charge is 0.487 e. The van der Waals surface area contributed by atoms with Crippen LogP contribution in [-0.4, -0.2) is 35.4 Å². The van der Waals surface area contributed by atoms with Crippen molar-refractivity contribution < 1.29 is 14.5 Å². The molecule has 1 amide bonds. The second kappa shape index (κ2) is 8.58. The van der Waals surface area contributed by atoms with E-state index in [0.717, 1.165) is 5.56 Å². The molecule has 0 radical (unpaired) electrons. The van der Waals surface area contributed by atoms with Crippen LogP contribution in [0.4, 0.5) is 5.69 Å². The third-order valence-corrected chi connectivity index (χ3v) is 7.43. The number of halogens is 2. The Morgan fingerprint density at radius 3 is 2.59 bits per heavy atom. The maximum atomic E-state index is 13.2. The van der Waals surface area contributed by atoms with Crippen LogP contribution in [0.15, 0.2) is 66.7 Å². The predicted molar refractivity (Wildman–Crippen MR) is 130 cm³/mol. The van der Waals surface area contributed by atoms with E-state index < -0.39 is 17.5 Å². The quantitative estimate of drug-likeness (QED) is 0.391. The average molecular weight is 498 g/mol. The highest BCUT2D eigenvalue weighted by Crippen LogP contribution is 2.52. The first-order valence-corrected chi connectivity index (χ1v) is 11.5. The van der Waals surface area contributed by atoms with E-state index in [2.05, 4.69) is 5.32 Å². The van der Waals surface area contributed by atoms with Crippen molar-refractivity contribution >= 4 is 34.8 Å². The fraction of sp³-hybridized carbons (Fsp3) is 0.240. The van der Waals surface area contributed by atoms with Gasteiger partial charge in [0, 0.05) is 33.3 Å². The minimum Gasteiger partial charge on any atom is -0.487 e. The molecule has 0 unspecified atom stereocenters. The Bertz CT molecular complexity index is 1300. The number of likely N-dealkylation sites (N-methyl/N-ethyl adjacent to an activating group) is 1. The zero-order chi connectivity index (χ0) is 24.0. The number of carbonyl (C=O) groups excluding carboxylic acids is 1. The normalized spacial score (nSPS) is 23.7. The molecule has 3 aromatic carbocycles. The number of benzene rings is 3. The summed E-state index contributed by atoms with van der Waals surface area (Å²) in [6.07, 6.45) is 0. The number of anilines is 1. The molecular formula is C25H21Cl2N3O4. The lowest BCUT2D eigenvalue weighted by atomic mass is 9.79. The van der Waals surface area contributed by atoms with Gasteiger partial charge in [0.25, 0.3) is 11.9 Å². The van der Waals surface area contributed by atoms with E-state index in [1.807, 2.05) is 18.2 Å². The molecule has 0 bridgehead atoms. The molecule has 5 rings (SSSR count). The number of para-hydroxylation sites is 1. The smallest absolute Gasteiger partial charge is 0.256 e. The van der Waals surface area contributed by atoms with Crippen LogP contribution in [0.5, 0.6) is 5.75 Å². The van der Waals surface area contributed by atoms with Crippen LogP contribution in [0.1, 0.15) is 22.6 Å². The van der Waals surface area contributed by atoms with E-state index in [9.17, 15) is 14.9 Å². The number of amides is 1. The molecule has 3 atom stereocenters. The maximum absolute atomic E-state index is 13.2. The second-order valence-corrected chi connectivity index (χ2v) is 9.37. The zero-order valence-electron chi connectivity index (χ0n) is 18.2. The number of hydrogen-bond donors (Lipinski definition) is 1. The first-order chi connectivity index (χ1) is 16.3. The Morgan fingerprint density at radius 1 is 1.12 bits per heavy atom. The summed E-state index contributed by atoms with van der Waals surface area (Å²) in [4.78, 5) is 27.1. The Balaban J connectivity index is 1.47. The number of nitrogens with zero attached hydrogens (tertiary/aromatic N) is 2. The molecular weight excluding hydrogens is 477 g/mol. The van der Waals surface area contributed by atoms with Crippen LogP contribution in [0, 0.1) is 10.1 Å². The van der Waals surface area contributed by atoms with Crippen LogP contribution in [0.25, 0.3) is 0 Å². The fourth-order valence-corrected chi connectivity index (χ4v) is 5.65. The van der Waals surface area contributed by atoms with Crippen LogP contribution >= 0.6 is 23.2 Å².